The van der Waals surface area contributed by atoms with Crippen LogP contribution in [0.4, 0.5) is 0 Å². The molecule has 0 atom stereocenters. The van der Waals surface area contributed by atoms with Gasteiger partial charge in [-0.2, -0.15) is 0 Å². The van der Waals surface area contributed by atoms with Crippen molar-refractivity contribution in [3.8, 4) is 11.8 Å². The largest absolute Gasteiger partial charge is 0.340 e. The molecule has 0 unspecified atom stereocenters. The van der Waals surface area contributed by atoms with E-state index in [0.29, 0.717) is 18.8 Å². The molecule has 0 saturated carbocycles. The average molecular weight is 209 g/mol. The molecule has 3 N–H and O–H groups in total. The van der Waals surface area contributed by atoms with E-state index in [-0.39, 0.29) is 5.91 Å². The van der Waals surface area contributed by atoms with Crippen molar-refractivity contribution in [1.82, 2.24) is 10.3 Å². The topological polar surface area (TPSA) is 68.0 Å². The van der Waals surface area contributed by atoms with Gasteiger partial charge in [-0.1, -0.05) is 5.92 Å². The Kier molecular flexibility index (Phi) is 4.11. The molecule has 0 bridgehead atoms. The van der Waals surface area contributed by atoms with Gasteiger partial charge in [-0.15, -0.1) is 17.3 Å². The van der Waals surface area contributed by atoms with E-state index >= 15 is 0 Å². The van der Waals surface area contributed by atoms with Gasteiger partial charge in [-0.3, -0.25) is 4.79 Å². The molecule has 0 aliphatic rings. The van der Waals surface area contributed by atoms with Gasteiger partial charge in [0, 0.05) is 11.9 Å². The molecule has 74 valence electrons. The fraction of sp³-hybridized carbons (Fsp3) is 0.333. The van der Waals surface area contributed by atoms with Gasteiger partial charge in [-0.05, 0) is 6.92 Å². The molecule has 0 fully saturated rings. The number of hydrogen-bond donors (Lipinski definition) is 2. The second kappa shape index (κ2) is 5.37. The number of carbonyl (C=O) groups is 1. The van der Waals surface area contributed by atoms with Crippen molar-refractivity contribution in [2.24, 2.45) is 5.73 Å². The zero-order chi connectivity index (χ0) is 10.4. The van der Waals surface area contributed by atoms with Gasteiger partial charge in [0.05, 0.1) is 6.54 Å². The monoisotopic (exact) mass is 209 g/mol. The summed E-state index contributed by atoms with van der Waals surface area (Å²) in [6.07, 6.45) is 0. The zero-order valence-corrected chi connectivity index (χ0v) is 8.65. The number of aromatic nitrogens is 1. The third-order valence-corrected chi connectivity index (χ3v) is 2.34. The average Bonchev–Trinajstić information content (AvgIpc) is 2.66. The SMILES string of the molecule is CC#CCNC(=O)c1csc(CN)n1. The van der Waals surface area contributed by atoms with E-state index in [2.05, 4.69) is 22.1 Å². The van der Waals surface area contributed by atoms with Crippen LogP contribution < -0.4 is 11.1 Å². The zero-order valence-electron chi connectivity index (χ0n) is 7.83. The van der Waals surface area contributed by atoms with E-state index in [1.807, 2.05) is 0 Å². The van der Waals surface area contributed by atoms with Crippen molar-refractivity contribution in [1.29, 1.82) is 0 Å². The van der Waals surface area contributed by atoms with Crippen LogP contribution in [0.1, 0.15) is 22.4 Å². The van der Waals surface area contributed by atoms with Crippen LogP contribution in [0, 0.1) is 11.8 Å². The van der Waals surface area contributed by atoms with Crippen LogP contribution in [0.15, 0.2) is 5.38 Å². The van der Waals surface area contributed by atoms with E-state index < -0.39 is 0 Å². The second-order valence-electron chi connectivity index (χ2n) is 2.44. The number of carbonyl (C=O) groups excluding carboxylic acids is 1. The summed E-state index contributed by atoms with van der Waals surface area (Å²) in [5.74, 6) is 5.22. The van der Waals surface area contributed by atoms with Crippen molar-refractivity contribution in [2.75, 3.05) is 6.54 Å². The molecule has 1 heterocycles. The predicted octanol–water partition coefficient (Wildman–Crippen LogP) is 0.355. The Balaban J connectivity index is 2.54. The van der Waals surface area contributed by atoms with E-state index in [1.54, 1.807) is 12.3 Å². The highest BCUT2D eigenvalue weighted by molar-refractivity contribution is 7.09. The normalized spacial score (nSPS) is 9.00. The van der Waals surface area contributed by atoms with Crippen LogP contribution in [0.25, 0.3) is 0 Å². The first kappa shape index (κ1) is 10.7. The Labute approximate surface area is 86.5 Å². The maximum absolute atomic E-state index is 11.4. The number of nitrogens with two attached hydrogens (primary N) is 1. The van der Waals surface area contributed by atoms with E-state index in [0.717, 1.165) is 5.01 Å². The van der Waals surface area contributed by atoms with E-state index in [1.165, 1.54) is 11.3 Å². The van der Waals surface area contributed by atoms with E-state index in [4.69, 9.17) is 5.73 Å². The summed E-state index contributed by atoms with van der Waals surface area (Å²) in [5.41, 5.74) is 5.79. The minimum absolute atomic E-state index is 0.205. The number of amides is 1. The van der Waals surface area contributed by atoms with Crippen LogP contribution in [0.2, 0.25) is 0 Å². The highest BCUT2D eigenvalue weighted by Crippen LogP contribution is 2.08. The third-order valence-electron chi connectivity index (χ3n) is 1.47. The molecule has 1 aromatic rings. The molecule has 5 heteroatoms. The highest BCUT2D eigenvalue weighted by atomic mass is 32.1. The first-order valence-electron chi connectivity index (χ1n) is 4.10. The first-order chi connectivity index (χ1) is 6.77. The molecule has 4 nitrogen and oxygen atoms in total. The van der Waals surface area contributed by atoms with Gasteiger partial charge in [-0.25, -0.2) is 4.98 Å². The summed E-state index contributed by atoms with van der Waals surface area (Å²) >= 11 is 1.38. The van der Waals surface area contributed by atoms with Crippen molar-refractivity contribution in [2.45, 2.75) is 13.5 Å². The van der Waals surface area contributed by atoms with Crippen LogP contribution in [-0.4, -0.2) is 17.4 Å². The Morgan fingerprint density at radius 3 is 3.14 bits per heavy atom. The lowest BCUT2D eigenvalue weighted by atomic mass is 10.4. The molecule has 1 aromatic heterocycles. The van der Waals surface area contributed by atoms with Crippen LogP contribution >= 0.6 is 11.3 Å². The Hall–Kier alpha value is -1.38. The highest BCUT2D eigenvalue weighted by Gasteiger charge is 2.08. The second-order valence-corrected chi connectivity index (χ2v) is 3.38. The third kappa shape index (κ3) is 2.83. The van der Waals surface area contributed by atoms with Crippen LogP contribution in [0.5, 0.6) is 0 Å². The minimum atomic E-state index is -0.205. The molecular weight excluding hydrogens is 198 g/mol. The summed E-state index contributed by atoms with van der Waals surface area (Å²) in [4.78, 5) is 15.4. The quantitative estimate of drug-likeness (QED) is 0.706. The maximum atomic E-state index is 11.4. The molecule has 1 rings (SSSR count). The molecule has 0 aromatic carbocycles. The summed E-state index contributed by atoms with van der Waals surface area (Å²) < 4.78 is 0. The first-order valence-corrected chi connectivity index (χ1v) is 4.98. The standard InChI is InChI=1S/C9H11N3OS/c1-2-3-4-11-9(13)7-6-14-8(5-10)12-7/h6H,4-5,10H2,1H3,(H,11,13). The predicted molar refractivity (Wildman–Crippen MR) is 55.8 cm³/mol. The lowest BCUT2D eigenvalue weighted by Gasteiger charge is -1.95. The molecule has 0 aliphatic carbocycles. The Morgan fingerprint density at radius 2 is 2.57 bits per heavy atom. The number of hydrogen-bond acceptors (Lipinski definition) is 4. The Morgan fingerprint density at radius 1 is 1.79 bits per heavy atom. The van der Waals surface area contributed by atoms with Crippen LogP contribution in [0.3, 0.4) is 0 Å². The maximum Gasteiger partial charge on any atom is 0.271 e. The van der Waals surface area contributed by atoms with Gasteiger partial charge >= 0.3 is 0 Å². The number of nitrogens with zero attached hydrogens (tertiary/aromatic N) is 1. The van der Waals surface area contributed by atoms with Crippen molar-refractivity contribution < 1.29 is 4.79 Å². The summed E-state index contributed by atoms with van der Waals surface area (Å²) in [5, 5.41) is 5.08. The number of thiazole rings is 1. The van der Waals surface area contributed by atoms with Gasteiger partial charge in [0.1, 0.15) is 10.7 Å². The molecule has 1 amide bonds. The summed E-state index contributed by atoms with van der Waals surface area (Å²) in [6.45, 7) is 2.44. The summed E-state index contributed by atoms with van der Waals surface area (Å²) in [6, 6.07) is 0. The number of nitrogens with one attached hydrogen (secondary N) is 1. The molecule has 0 aliphatic heterocycles. The minimum Gasteiger partial charge on any atom is -0.340 e. The van der Waals surface area contributed by atoms with Gasteiger partial charge in [0.25, 0.3) is 5.91 Å². The lowest BCUT2D eigenvalue weighted by Crippen LogP contribution is -2.23. The molecule has 0 saturated heterocycles. The smallest absolute Gasteiger partial charge is 0.271 e. The van der Waals surface area contributed by atoms with Gasteiger partial charge in [0.2, 0.25) is 0 Å². The van der Waals surface area contributed by atoms with Crippen LogP contribution in [-0.2, 0) is 6.54 Å². The molecular formula is C9H11N3OS. The van der Waals surface area contributed by atoms with Crippen molar-refractivity contribution in [3.05, 3.63) is 16.1 Å². The fourth-order valence-electron chi connectivity index (χ4n) is 0.812. The van der Waals surface area contributed by atoms with Gasteiger partial charge < -0.3 is 11.1 Å². The van der Waals surface area contributed by atoms with E-state index in [9.17, 15) is 4.79 Å². The summed E-state index contributed by atoms with van der Waals surface area (Å²) in [7, 11) is 0. The van der Waals surface area contributed by atoms with Crippen molar-refractivity contribution >= 4 is 17.2 Å². The number of rotatable bonds is 3. The molecule has 0 spiro atoms. The lowest BCUT2D eigenvalue weighted by molar-refractivity contribution is 0.0954. The molecule has 0 radical (unpaired) electrons. The van der Waals surface area contributed by atoms with Crippen molar-refractivity contribution in [3.63, 3.8) is 0 Å². The Bertz CT molecular complexity index is 375. The molecule has 14 heavy (non-hydrogen) atoms. The van der Waals surface area contributed by atoms with Gasteiger partial charge in [0.15, 0.2) is 0 Å². The fourth-order valence-corrected chi connectivity index (χ4v) is 1.47.